The van der Waals surface area contributed by atoms with Crippen molar-refractivity contribution in [3.8, 4) is 0 Å². The molecule has 8 atom stereocenters. The molecule has 42 heavy (non-hydrogen) atoms. The van der Waals surface area contributed by atoms with Crippen molar-refractivity contribution in [2.75, 3.05) is 0 Å². The summed E-state index contributed by atoms with van der Waals surface area (Å²) in [5.74, 6) is 5.97. The van der Waals surface area contributed by atoms with E-state index in [2.05, 4.69) is 42.5 Å². The van der Waals surface area contributed by atoms with E-state index in [1.165, 1.54) is 103 Å². The second-order valence-electron chi connectivity index (χ2n) is 15.6. The molecule has 8 N–H and O–H groups in total. The SMILES string of the molecule is C1CCC2C3NC(NC4NC(NC5NC(NC6NC(N3)C3CCCCC63)C3CCCCC53)C3CCCCC43)C2C1.[Co].[Cr]. The van der Waals surface area contributed by atoms with Crippen LogP contribution in [0.25, 0.3) is 0 Å². The van der Waals surface area contributed by atoms with Crippen LogP contribution in [0, 0.1) is 47.3 Å². The van der Waals surface area contributed by atoms with Crippen molar-refractivity contribution in [1.82, 2.24) is 42.5 Å². The van der Waals surface area contributed by atoms with E-state index in [9.17, 15) is 0 Å². The smallest absolute Gasteiger partial charge is 0.0628 e. The number of nitrogens with one attached hydrogen (secondary N) is 8. The van der Waals surface area contributed by atoms with Crippen molar-refractivity contribution >= 4 is 0 Å². The molecule has 0 spiro atoms. The second-order valence-corrected chi connectivity index (χ2v) is 15.6. The van der Waals surface area contributed by atoms with Crippen LogP contribution in [0.1, 0.15) is 103 Å². The summed E-state index contributed by atoms with van der Waals surface area (Å²) in [6, 6.07) is 0. The van der Waals surface area contributed by atoms with E-state index in [0.717, 1.165) is 47.3 Å². The summed E-state index contributed by atoms with van der Waals surface area (Å²) in [6.45, 7) is 0. The molecule has 0 aromatic carbocycles. The molecule has 5 aliphatic heterocycles. The predicted octanol–water partition coefficient (Wildman–Crippen LogP) is 2.60. The number of fused-ring (bicyclic) bond motifs is 20. The molecule has 8 nitrogen and oxygen atoms in total. The van der Waals surface area contributed by atoms with Gasteiger partial charge in [0.15, 0.2) is 0 Å². The Kier molecular flexibility index (Phi) is 9.76. The zero-order chi connectivity index (χ0) is 26.2. The van der Waals surface area contributed by atoms with E-state index in [0.29, 0.717) is 49.3 Å². The molecule has 0 amide bonds. The van der Waals surface area contributed by atoms with Crippen molar-refractivity contribution < 1.29 is 34.1 Å². The summed E-state index contributed by atoms with van der Waals surface area (Å²) >= 11 is 0. The van der Waals surface area contributed by atoms with Gasteiger partial charge < -0.3 is 0 Å². The molecule has 4 aliphatic carbocycles. The van der Waals surface area contributed by atoms with Gasteiger partial charge in [0.2, 0.25) is 0 Å². The van der Waals surface area contributed by atoms with Crippen LogP contribution < -0.4 is 42.5 Å². The molecular weight excluding hydrogens is 607 g/mol. The first-order chi connectivity index (χ1) is 19.8. The van der Waals surface area contributed by atoms with Gasteiger partial charge in [-0.1, -0.05) is 51.4 Å². The Balaban J connectivity index is 0.00000144. The van der Waals surface area contributed by atoms with E-state index >= 15 is 0 Å². The van der Waals surface area contributed by atoms with Gasteiger partial charge in [-0.2, -0.15) is 0 Å². The average Bonchev–Trinajstić information content (AvgIpc) is 3.73. The Morgan fingerprint density at radius 1 is 0.238 bits per heavy atom. The average molecular weight is 664 g/mol. The molecule has 8 bridgehead atoms. The van der Waals surface area contributed by atoms with Crippen LogP contribution in [0.3, 0.4) is 0 Å². The fraction of sp³-hybridized carbons (Fsp3) is 1.00. The van der Waals surface area contributed by atoms with Crippen LogP contribution in [0.4, 0.5) is 0 Å². The molecule has 0 aromatic heterocycles. The Labute approximate surface area is 275 Å². The van der Waals surface area contributed by atoms with E-state index in [4.69, 9.17) is 0 Å². The summed E-state index contributed by atoms with van der Waals surface area (Å²) < 4.78 is 0. The Bertz CT molecular complexity index is 723. The maximum absolute atomic E-state index is 4.26. The van der Waals surface area contributed by atoms with E-state index in [1.807, 2.05) is 0 Å². The number of rotatable bonds is 0. The molecule has 10 heteroatoms. The summed E-state index contributed by atoms with van der Waals surface area (Å²) in [6.07, 6.45) is 25.6. The largest absolute Gasteiger partial charge is 0.286 e. The van der Waals surface area contributed by atoms with Crippen LogP contribution in [-0.2, 0) is 34.1 Å². The van der Waals surface area contributed by atoms with E-state index in [1.54, 1.807) is 0 Å². The van der Waals surface area contributed by atoms with Crippen molar-refractivity contribution in [3.05, 3.63) is 0 Å². The van der Waals surface area contributed by atoms with Crippen molar-refractivity contribution in [2.45, 2.75) is 152 Å². The van der Waals surface area contributed by atoms with Crippen LogP contribution in [0.15, 0.2) is 0 Å². The van der Waals surface area contributed by atoms with Gasteiger partial charge in [-0.25, -0.2) is 0 Å². The topological polar surface area (TPSA) is 96.2 Å². The molecule has 5 heterocycles. The van der Waals surface area contributed by atoms with Crippen molar-refractivity contribution in [2.24, 2.45) is 47.3 Å². The van der Waals surface area contributed by atoms with Crippen LogP contribution in [0.5, 0.6) is 0 Å². The molecule has 1 radical (unpaired) electrons. The third kappa shape index (κ3) is 5.43. The summed E-state index contributed by atoms with van der Waals surface area (Å²) in [7, 11) is 0. The molecule has 9 rings (SSSR count). The zero-order valence-corrected chi connectivity index (χ0v) is 27.6. The fourth-order valence-corrected chi connectivity index (χ4v) is 12.0. The van der Waals surface area contributed by atoms with Crippen LogP contribution in [-0.4, -0.2) is 49.3 Å². The summed E-state index contributed by atoms with van der Waals surface area (Å²) in [4.78, 5) is 0. The normalized spacial score (nSPS) is 54.9. The Morgan fingerprint density at radius 3 is 0.476 bits per heavy atom. The van der Waals surface area contributed by atoms with Crippen molar-refractivity contribution in [1.29, 1.82) is 0 Å². The first kappa shape index (κ1) is 31.3. The van der Waals surface area contributed by atoms with Crippen LogP contribution >= 0.6 is 0 Å². The molecule has 0 aromatic rings. The fourth-order valence-electron chi connectivity index (χ4n) is 12.0. The third-order valence-electron chi connectivity index (χ3n) is 13.8. The minimum Gasteiger partial charge on any atom is -0.286 e. The van der Waals surface area contributed by atoms with Crippen LogP contribution in [0.2, 0.25) is 0 Å². The quantitative estimate of drug-likeness (QED) is 0.201. The number of hydrogen-bond acceptors (Lipinski definition) is 8. The van der Waals surface area contributed by atoms with E-state index in [-0.39, 0.29) is 34.1 Å². The molecule has 9 fully saturated rings. The van der Waals surface area contributed by atoms with Gasteiger partial charge in [0.25, 0.3) is 0 Å². The molecule has 9 aliphatic rings. The van der Waals surface area contributed by atoms with Gasteiger partial charge in [-0.15, -0.1) is 0 Å². The minimum atomic E-state index is 0. The third-order valence-corrected chi connectivity index (χ3v) is 13.8. The molecule has 8 unspecified atom stereocenters. The van der Waals surface area contributed by atoms with Crippen molar-refractivity contribution in [3.63, 3.8) is 0 Å². The molecular formula is C32H56CoCrN8. The summed E-state index contributed by atoms with van der Waals surface area (Å²) in [5.41, 5.74) is 0. The predicted molar refractivity (Wildman–Crippen MR) is 157 cm³/mol. The summed E-state index contributed by atoms with van der Waals surface area (Å²) in [5, 5.41) is 33.8. The maximum atomic E-state index is 4.26. The monoisotopic (exact) mass is 663 g/mol. The van der Waals surface area contributed by atoms with Gasteiger partial charge >= 0.3 is 0 Å². The zero-order valence-electron chi connectivity index (χ0n) is 25.3. The standard InChI is InChI=1S/C32H56N8.Co.Cr/c1-2-10-18-17(9-1)25-33-26(18)38-28-21-13-5-6-14-22(21)30(35-28)40-32-24-16-8-7-15-23(24)31(36-32)39-29-20-12-4-3-11-19(20)27(34-29)37-25;;/h17-40H,1-16H2;;. The first-order valence-electron chi connectivity index (χ1n) is 17.9. The minimum absolute atomic E-state index is 0. The maximum Gasteiger partial charge on any atom is 0.0628 e. The number of hydrogen-bond donors (Lipinski definition) is 8. The Hall–Kier alpha value is 0.719. The van der Waals surface area contributed by atoms with Gasteiger partial charge in [0.05, 0.1) is 49.3 Å². The second kappa shape index (κ2) is 13.1. The van der Waals surface area contributed by atoms with E-state index < -0.39 is 0 Å². The van der Waals surface area contributed by atoms with Gasteiger partial charge in [-0.3, -0.25) is 42.5 Å². The Morgan fingerprint density at radius 2 is 0.357 bits per heavy atom. The van der Waals surface area contributed by atoms with Gasteiger partial charge in [0.1, 0.15) is 0 Å². The van der Waals surface area contributed by atoms with Gasteiger partial charge in [-0.05, 0) is 98.7 Å². The first-order valence-corrected chi connectivity index (χ1v) is 17.9. The molecule has 239 valence electrons. The molecule has 5 saturated heterocycles. The van der Waals surface area contributed by atoms with Gasteiger partial charge in [0, 0.05) is 34.1 Å². The molecule has 4 saturated carbocycles.